The minimum atomic E-state index is -0.459. The van der Waals surface area contributed by atoms with Gasteiger partial charge < -0.3 is 20.9 Å². The summed E-state index contributed by atoms with van der Waals surface area (Å²) in [5.74, 6) is -0.526. The lowest BCUT2D eigenvalue weighted by atomic mass is 9.96. The molecule has 0 radical (unpaired) electrons. The smallest absolute Gasteiger partial charge is 0.319 e. The van der Waals surface area contributed by atoms with E-state index in [4.69, 9.17) is 0 Å². The number of hydrogen-bond donors (Lipinski definition) is 3. The van der Waals surface area contributed by atoms with Crippen LogP contribution in [0.4, 0.5) is 10.5 Å². The molecule has 1 heterocycles. The fraction of sp³-hybridized carbons (Fsp3) is 0.310. The van der Waals surface area contributed by atoms with Crippen molar-refractivity contribution in [3.8, 4) is 11.1 Å². The molecule has 1 atom stereocenters. The molecule has 0 aromatic heterocycles. The van der Waals surface area contributed by atoms with Crippen molar-refractivity contribution >= 4 is 17.6 Å². The van der Waals surface area contributed by atoms with Crippen LogP contribution in [0.3, 0.4) is 0 Å². The second-order valence-corrected chi connectivity index (χ2v) is 9.08. The highest BCUT2D eigenvalue weighted by Crippen LogP contribution is 2.21. The number of carbonyl (C=O) groups excluding carboxylic acids is 2. The number of hydrogen-bond acceptors (Lipinski definition) is 3. The Morgan fingerprint density at radius 2 is 1.57 bits per heavy atom. The molecule has 3 amide bonds. The van der Waals surface area contributed by atoms with Gasteiger partial charge in [0.25, 0.3) is 0 Å². The van der Waals surface area contributed by atoms with Gasteiger partial charge >= 0.3 is 6.03 Å². The number of nitrogens with zero attached hydrogens (tertiary/aromatic N) is 1. The highest BCUT2D eigenvalue weighted by atomic mass is 16.2. The number of benzene rings is 3. The molecule has 6 nitrogen and oxygen atoms in total. The van der Waals surface area contributed by atoms with E-state index in [-0.39, 0.29) is 18.5 Å². The van der Waals surface area contributed by atoms with E-state index in [1.807, 2.05) is 73.7 Å². The lowest BCUT2D eigenvalue weighted by Gasteiger charge is -2.20. The molecular weight excluding hydrogens is 436 g/mol. The number of rotatable bonds is 9. The summed E-state index contributed by atoms with van der Waals surface area (Å²) in [4.78, 5) is 28.1. The van der Waals surface area contributed by atoms with Crippen molar-refractivity contribution in [2.24, 2.45) is 0 Å². The molecule has 1 aliphatic rings. The monoisotopic (exact) mass is 470 g/mol. The molecule has 1 fully saturated rings. The molecule has 1 unspecified atom stereocenters. The Bertz CT molecular complexity index is 1110. The number of aryl methyl sites for hydroxylation is 1. The number of anilines is 1. The van der Waals surface area contributed by atoms with Crippen LogP contribution in [-0.2, 0) is 4.79 Å². The fourth-order valence-electron chi connectivity index (χ4n) is 4.46. The van der Waals surface area contributed by atoms with Gasteiger partial charge in [-0.3, -0.25) is 4.79 Å². The molecule has 35 heavy (non-hydrogen) atoms. The van der Waals surface area contributed by atoms with Gasteiger partial charge in [-0.15, -0.1) is 0 Å². The van der Waals surface area contributed by atoms with E-state index < -0.39 is 5.92 Å². The fourth-order valence-corrected chi connectivity index (χ4v) is 4.46. The maximum Gasteiger partial charge on any atom is 0.319 e. The molecule has 1 saturated heterocycles. The van der Waals surface area contributed by atoms with Crippen molar-refractivity contribution in [1.29, 1.82) is 0 Å². The van der Waals surface area contributed by atoms with Crippen LogP contribution in [0.5, 0.6) is 0 Å². The number of urea groups is 1. The maximum absolute atomic E-state index is 13.1. The van der Waals surface area contributed by atoms with Crippen LogP contribution in [-0.4, -0.2) is 49.6 Å². The summed E-state index contributed by atoms with van der Waals surface area (Å²) in [7, 11) is 0. The minimum absolute atomic E-state index is 0.0673. The number of amides is 3. The first-order valence-electron chi connectivity index (χ1n) is 12.4. The lowest BCUT2D eigenvalue weighted by Crippen LogP contribution is -2.41. The van der Waals surface area contributed by atoms with Crippen molar-refractivity contribution in [2.75, 3.05) is 38.0 Å². The Morgan fingerprint density at radius 1 is 0.857 bits per heavy atom. The summed E-state index contributed by atoms with van der Waals surface area (Å²) in [6, 6.07) is 25.4. The summed E-state index contributed by atoms with van der Waals surface area (Å²) in [5, 5.41) is 8.83. The highest BCUT2D eigenvalue weighted by molar-refractivity contribution is 5.90. The summed E-state index contributed by atoms with van der Waals surface area (Å²) in [6.07, 6.45) is 2.46. The molecule has 0 bridgehead atoms. The summed E-state index contributed by atoms with van der Waals surface area (Å²) in [6.45, 7) is 5.90. The number of carbonyl (C=O) groups is 2. The van der Waals surface area contributed by atoms with Crippen molar-refractivity contribution in [2.45, 2.75) is 25.7 Å². The first kappa shape index (κ1) is 24.5. The lowest BCUT2D eigenvalue weighted by molar-refractivity contribution is -0.122. The largest absolute Gasteiger partial charge is 0.354 e. The Morgan fingerprint density at radius 3 is 2.29 bits per heavy atom. The number of nitrogens with one attached hydrogen (secondary N) is 3. The van der Waals surface area contributed by atoms with Crippen LogP contribution in [0.1, 0.15) is 29.9 Å². The molecule has 3 aromatic carbocycles. The zero-order valence-electron chi connectivity index (χ0n) is 20.3. The average Bonchev–Trinajstić information content (AvgIpc) is 3.39. The molecule has 6 heteroatoms. The van der Waals surface area contributed by atoms with Crippen LogP contribution in [0.25, 0.3) is 11.1 Å². The van der Waals surface area contributed by atoms with E-state index in [1.165, 1.54) is 12.8 Å². The predicted octanol–water partition coefficient (Wildman–Crippen LogP) is 4.78. The second kappa shape index (κ2) is 12.2. The van der Waals surface area contributed by atoms with Gasteiger partial charge in [0.1, 0.15) is 0 Å². The predicted molar refractivity (Wildman–Crippen MR) is 142 cm³/mol. The normalized spacial score (nSPS) is 14.3. The van der Waals surface area contributed by atoms with E-state index in [0.29, 0.717) is 12.2 Å². The second-order valence-electron chi connectivity index (χ2n) is 9.08. The average molecular weight is 471 g/mol. The molecule has 3 aromatic rings. The Hall–Kier alpha value is -3.64. The van der Waals surface area contributed by atoms with Crippen LogP contribution in [0, 0.1) is 6.92 Å². The Balaban J connectivity index is 1.33. The van der Waals surface area contributed by atoms with Gasteiger partial charge in [0.05, 0.1) is 5.92 Å². The van der Waals surface area contributed by atoms with Crippen LogP contribution >= 0.6 is 0 Å². The van der Waals surface area contributed by atoms with Gasteiger partial charge in [-0.25, -0.2) is 4.79 Å². The first-order chi connectivity index (χ1) is 17.1. The topological polar surface area (TPSA) is 73.5 Å². The van der Waals surface area contributed by atoms with E-state index in [9.17, 15) is 9.59 Å². The number of likely N-dealkylation sites (tertiary alicyclic amines) is 1. The molecule has 1 aliphatic heterocycles. The molecule has 0 aliphatic carbocycles. The molecule has 0 saturated carbocycles. The van der Waals surface area contributed by atoms with E-state index in [2.05, 4.69) is 33.0 Å². The summed E-state index contributed by atoms with van der Waals surface area (Å²) in [5.41, 5.74) is 4.89. The molecule has 0 spiro atoms. The van der Waals surface area contributed by atoms with Gasteiger partial charge in [0.2, 0.25) is 5.91 Å². The van der Waals surface area contributed by atoms with E-state index in [1.54, 1.807) is 0 Å². The van der Waals surface area contributed by atoms with Gasteiger partial charge in [-0.05, 0) is 61.7 Å². The molecule has 3 N–H and O–H groups in total. The van der Waals surface area contributed by atoms with E-state index in [0.717, 1.165) is 41.9 Å². The molecular formula is C29H34N4O2. The SMILES string of the molecule is Cc1cccc(C(CNC(=O)Nc2ccc(-c3ccccc3)cc2)C(=O)NCCN2CCCC2)c1. The molecule has 4 rings (SSSR count). The standard InChI is InChI=1S/C29H34N4O2/c1-22-8-7-11-25(20-22)27(28(34)30-16-19-33-17-5-6-18-33)21-31-29(35)32-26-14-12-24(13-15-26)23-9-3-2-4-10-23/h2-4,7-15,20,27H,5-6,16-19,21H2,1H3,(H,30,34)(H2,31,32,35). The Kier molecular flexibility index (Phi) is 8.52. The zero-order valence-corrected chi connectivity index (χ0v) is 20.3. The quantitative estimate of drug-likeness (QED) is 0.421. The third kappa shape index (κ3) is 7.17. The third-order valence-corrected chi connectivity index (χ3v) is 6.40. The van der Waals surface area contributed by atoms with Crippen LogP contribution < -0.4 is 16.0 Å². The summed E-state index contributed by atoms with van der Waals surface area (Å²) >= 11 is 0. The molecule has 182 valence electrons. The third-order valence-electron chi connectivity index (χ3n) is 6.40. The first-order valence-corrected chi connectivity index (χ1v) is 12.4. The van der Waals surface area contributed by atoms with Crippen molar-refractivity contribution < 1.29 is 9.59 Å². The van der Waals surface area contributed by atoms with Gasteiger partial charge in [0.15, 0.2) is 0 Å². The Labute approximate surface area is 207 Å². The van der Waals surface area contributed by atoms with Crippen LogP contribution in [0.15, 0.2) is 78.9 Å². The maximum atomic E-state index is 13.1. The zero-order chi connectivity index (χ0) is 24.5. The van der Waals surface area contributed by atoms with Gasteiger partial charge in [-0.2, -0.15) is 0 Å². The van der Waals surface area contributed by atoms with Crippen molar-refractivity contribution in [3.63, 3.8) is 0 Å². The highest BCUT2D eigenvalue weighted by Gasteiger charge is 2.22. The van der Waals surface area contributed by atoms with Gasteiger partial charge in [0, 0.05) is 25.3 Å². The van der Waals surface area contributed by atoms with E-state index >= 15 is 0 Å². The van der Waals surface area contributed by atoms with Crippen LogP contribution in [0.2, 0.25) is 0 Å². The van der Waals surface area contributed by atoms with Gasteiger partial charge in [-0.1, -0.05) is 72.3 Å². The summed E-state index contributed by atoms with van der Waals surface area (Å²) < 4.78 is 0. The van der Waals surface area contributed by atoms with Crippen molar-refractivity contribution in [1.82, 2.24) is 15.5 Å². The minimum Gasteiger partial charge on any atom is -0.354 e. The van der Waals surface area contributed by atoms with Crippen molar-refractivity contribution in [3.05, 3.63) is 90.0 Å².